The highest BCUT2D eigenvalue weighted by molar-refractivity contribution is 7.10. The van der Waals surface area contributed by atoms with Gasteiger partial charge in [0.15, 0.2) is 0 Å². The van der Waals surface area contributed by atoms with Crippen LogP contribution < -0.4 is 0 Å². The molecule has 1 aliphatic heterocycles. The standard InChI is InChI=1S/C24H32N2O3S/c1-3-8-23(27)26(16-21-11-7-13-29-21)18-24(28)25(15-20-9-5-4-6-10-20)17-22-19(2)12-14-30-22/h4-6,9-10,12,14,21H,3,7-8,11,13,15-18H2,1-2H3. The van der Waals surface area contributed by atoms with Crippen LogP contribution in [0.4, 0.5) is 0 Å². The van der Waals surface area contributed by atoms with E-state index < -0.39 is 0 Å². The van der Waals surface area contributed by atoms with Crippen LogP contribution in [0.2, 0.25) is 0 Å². The lowest BCUT2D eigenvalue weighted by atomic mass is 10.2. The van der Waals surface area contributed by atoms with Crippen molar-refractivity contribution < 1.29 is 14.3 Å². The molecule has 0 radical (unpaired) electrons. The SMILES string of the molecule is CCCC(=O)N(CC(=O)N(Cc1ccccc1)Cc1sccc1C)CC1CCCO1. The Kier molecular flexibility index (Phi) is 8.46. The molecule has 2 amide bonds. The summed E-state index contributed by atoms with van der Waals surface area (Å²) in [5.41, 5.74) is 2.29. The van der Waals surface area contributed by atoms with E-state index in [4.69, 9.17) is 4.74 Å². The summed E-state index contributed by atoms with van der Waals surface area (Å²) >= 11 is 1.67. The number of benzene rings is 1. The normalized spacial score (nSPS) is 15.9. The Labute approximate surface area is 183 Å². The van der Waals surface area contributed by atoms with Gasteiger partial charge in [-0.05, 0) is 48.8 Å². The molecule has 6 heteroatoms. The van der Waals surface area contributed by atoms with Crippen LogP contribution in [0.5, 0.6) is 0 Å². The molecular formula is C24H32N2O3S. The third kappa shape index (κ3) is 6.41. The summed E-state index contributed by atoms with van der Waals surface area (Å²) in [6.07, 6.45) is 3.25. The second kappa shape index (κ2) is 11.3. The van der Waals surface area contributed by atoms with Crippen molar-refractivity contribution in [2.75, 3.05) is 19.7 Å². The highest BCUT2D eigenvalue weighted by Crippen LogP contribution is 2.20. The van der Waals surface area contributed by atoms with E-state index in [0.717, 1.165) is 31.4 Å². The zero-order valence-electron chi connectivity index (χ0n) is 18.0. The summed E-state index contributed by atoms with van der Waals surface area (Å²) in [4.78, 5) is 30.9. The number of hydrogen-bond acceptors (Lipinski definition) is 4. The van der Waals surface area contributed by atoms with Gasteiger partial charge in [-0.25, -0.2) is 0 Å². The van der Waals surface area contributed by atoms with Crippen LogP contribution >= 0.6 is 11.3 Å². The number of nitrogens with zero attached hydrogens (tertiary/aromatic N) is 2. The molecule has 162 valence electrons. The van der Waals surface area contributed by atoms with Gasteiger partial charge in [0.25, 0.3) is 0 Å². The van der Waals surface area contributed by atoms with Crippen LogP contribution in [0.3, 0.4) is 0 Å². The largest absolute Gasteiger partial charge is 0.376 e. The van der Waals surface area contributed by atoms with Crippen molar-refractivity contribution in [1.29, 1.82) is 0 Å². The molecule has 3 rings (SSSR count). The van der Waals surface area contributed by atoms with Crippen molar-refractivity contribution in [3.63, 3.8) is 0 Å². The maximum atomic E-state index is 13.4. The van der Waals surface area contributed by atoms with E-state index in [9.17, 15) is 9.59 Å². The molecule has 5 nitrogen and oxygen atoms in total. The van der Waals surface area contributed by atoms with Gasteiger partial charge in [0.1, 0.15) is 0 Å². The molecule has 0 N–H and O–H groups in total. The Morgan fingerprint density at radius 3 is 2.53 bits per heavy atom. The number of hydrogen-bond donors (Lipinski definition) is 0. The van der Waals surface area contributed by atoms with Gasteiger partial charge in [-0.1, -0.05) is 37.3 Å². The van der Waals surface area contributed by atoms with E-state index in [1.807, 2.05) is 42.2 Å². The summed E-state index contributed by atoms with van der Waals surface area (Å²) in [6.45, 7) is 6.51. The van der Waals surface area contributed by atoms with Gasteiger partial charge in [-0.3, -0.25) is 9.59 Å². The van der Waals surface area contributed by atoms with E-state index in [0.29, 0.717) is 26.1 Å². The zero-order chi connectivity index (χ0) is 21.3. The lowest BCUT2D eigenvalue weighted by Crippen LogP contribution is -2.45. The molecule has 1 atom stereocenters. The van der Waals surface area contributed by atoms with Gasteiger partial charge < -0.3 is 14.5 Å². The van der Waals surface area contributed by atoms with Crippen LogP contribution in [-0.4, -0.2) is 47.4 Å². The fourth-order valence-corrected chi connectivity index (χ4v) is 4.62. The summed E-state index contributed by atoms with van der Waals surface area (Å²) < 4.78 is 5.73. The average molecular weight is 429 g/mol. The number of ether oxygens (including phenoxy) is 1. The monoisotopic (exact) mass is 428 g/mol. The molecule has 1 aliphatic rings. The van der Waals surface area contributed by atoms with Crippen molar-refractivity contribution in [2.45, 2.75) is 58.7 Å². The van der Waals surface area contributed by atoms with Crippen molar-refractivity contribution in [1.82, 2.24) is 9.80 Å². The van der Waals surface area contributed by atoms with E-state index in [-0.39, 0.29) is 24.5 Å². The number of thiophene rings is 1. The fraction of sp³-hybridized carbons (Fsp3) is 0.500. The Bertz CT molecular complexity index is 815. The molecule has 0 spiro atoms. The Morgan fingerprint density at radius 1 is 1.10 bits per heavy atom. The van der Waals surface area contributed by atoms with Crippen LogP contribution in [0.1, 0.15) is 48.6 Å². The van der Waals surface area contributed by atoms with Crippen LogP contribution in [-0.2, 0) is 27.4 Å². The molecule has 1 aromatic carbocycles. The zero-order valence-corrected chi connectivity index (χ0v) is 18.8. The minimum Gasteiger partial charge on any atom is -0.376 e. The van der Waals surface area contributed by atoms with Crippen molar-refractivity contribution in [2.24, 2.45) is 0 Å². The predicted octanol–water partition coefficient (Wildman–Crippen LogP) is 4.39. The lowest BCUT2D eigenvalue weighted by molar-refractivity contribution is -0.142. The molecule has 0 bridgehead atoms. The van der Waals surface area contributed by atoms with Gasteiger partial charge in [-0.2, -0.15) is 0 Å². The molecule has 1 aromatic heterocycles. The van der Waals surface area contributed by atoms with Gasteiger partial charge >= 0.3 is 0 Å². The Balaban J connectivity index is 1.74. The van der Waals surface area contributed by atoms with Crippen molar-refractivity contribution in [3.8, 4) is 0 Å². The second-order valence-corrected chi connectivity index (χ2v) is 8.92. The van der Waals surface area contributed by atoms with E-state index >= 15 is 0 Å². The number of carbonyl (C=O) groups excluding carboxylic acids is 2. The molecule has 0 aliphatic carbocycles. The molecule has 1 saturated heterocycles. The molecule has 0 saturated carbocycles. The maximum absolute atomic E-state index is 13.4. The fourth-order valence-electron chi connectivity index (χ4n) is 3.70. The molecule has 2 aromatic rings. The molecule has 30 heavy (non-hydrogen) atoms. The third-order valence-corrected chi connectivity index (χ3v) is 6.47. The van der Waals surface area contributed by atoms with Gasteiger partial charge in [0.2, 0.25) is 11.8 Å². The van der Waals surface area contributed by atoms with Crippen molar-refractivity contribution in [3.05, 3.63) is 57.8 Å². The average Bonchev–Trinajstić information content (AvgIpc) is 3.40. The van der Waals surface area contributed by atoms with Gasteiger partial charge in [-0.15, -0.1) is 11.3 Å². The topological polar surface area (TPSA) is 49.9 Å². The van der Waals surface area contributed by atoms with E-state index in [1.165, 1.54) is 10.4 Å². The Morgan fingerprint density at radius 2 is 1.90 bits per heavy atom. The summed E-state index contributed by atoms with van der Waals surface area (Å²) in [6, 6.07) is 12.1. The predicted molar refractivity (Wildman–Crippen MR) is 120 cm³/mol. The first kappa shape index (κ1) is 22.5. The lowest BCUT2D eigenvalue weighted by Gasteiger charge is -2.29. The second-order valence-electron chi connectivity index (χ2n) is 7.92. The first-order valence-electron chi connectivity index (χ1n) is 10.8. The van der Waals surface area contributed by atoms with E-state index in [2.05, 4.69) is 18.4 Å². The first-order valence-corrected chi connectivity index (χ1v) is 11.7. The Hall–Kier alpha value is -2.18. The number of amides is 2. The quantitative estimate of drug-likeness (QED) is 0.564. The maximum Gasteiger partial charge on any atom is 0.242 e. The minimum absolute atomic E-state index is 0.0193. The highest BCUT2D eigenvalue weighted by atomic mass is 32.1. The number of carbonyl (C=O) groups is 2. The first-order chi connectivity index (χ1) is 14.6. The molecule has 1 unspecified atom stereocenters. The minimum atomic E-state index is -0.0193. The number of aryl methyl sites for hydroxylation is 1. The molecule has 1 fully saturated rings. The van der Waals surface area contributed by atoms with Crippen LogP contribution in [0.25, 0.3) is 0 Å². The summed E-state index contributed by atoms with van der Waals surface area (Å²) in [7, 11) is 0. The van der Waals surface area contributed by atoms with Crippen LogP contribution in [0, 0.1) is 6.92 Å². The third-order valence-electron chi connectivity index (χ3n) is 5.46. The smallest absolute Gasteiger partial charge is 0.242 e. The number of rotatable bonds is 10. The highest BCUT2D eigenvalue weighted by Gasteiger charge is 2.26. The van der Waals surface area contributed by atoms with E-state index in [1.54, 1.807) is 16.2 Å². The summed E-state index contributed by atoms with van der Waals surface area (Å²) in [5.74, 6) is 0.0161. The molecular weight excluding hydrogens is 396 g/mol. The van der Waals surface area contributed by atoms with Crippen molar-refractivity contribution >= 4 is 23.2 Å². The van der Waals surface area contributed by atoms with Crippen LogP contribution in [0.15, 0.2) is 41.8 Å². The van der Waals surface area contributed by atoms with Gasteiger partial charge in [0, 0.05) is 31.0 Å². The summed E-state index contributed by atoms with van der Waals surface area (Å²) in [5, 5.41) is 2.06. The molecule has 2 heterocycles. The van der Waals surface area contributed by atoms with Gasteiger partial charge in [0.05, 0.1) is 19.2 Å².